The number of hydrogen-bond donors (Lipinski definition) is 2. The molecule has 0 unspecified atom stereocenters. The second-order valence-electron chi connectivity index (χ2n) is 2.03. The van der Waals surface area contributed by atoms with Crippen molar-refractivity contribution < 1.29 is 0 Å². The van der Waals surface area contributed by atoms with Crippen LogP contribution in [0.15, 0.2) is 0 Å². The van der Waals surface area contributed by atoms with Gasteiger partial charge in [0.25, 0.3) is 0 Å². The van der Waals surface area contributed by atoms with Crippen molar-refractivity contribution in [3.63, 3.8) is 0 Å². The van der Waals surface area contributed by atoms with Crippen LogP contribution in [0.4, 0.5) is 0 Å². The molecule has 62 valence electrons. The quantitative estimate of drug-likeness (QED) is 0.398. The van der Waals surface area contributed by atoms with E-state index in [1.54, 1.807) is 0 Å². The number of nitriles is 2. The molecule has 0 spiro atoms. The predicted octanol–water partition coefficient (Wildman–Crippen LogP) is 0.803. The summed E-state index contributed by atoms with van der Waals surface area (Å²) in [6.07, 6.45) is 10.0. The molecule has 1 saturated carbocycles. The van der Waals surface area contributed by atoms with Crippen LogP contribution in [0.5, 0.6) is 0 Å². The van der Waals surface area contributed by atoms with Crippen molar-refractivity contribution in [2.45, 2.75) is 32.1 Å². The van der Waals surface area contributed by atoms with Crippen molar-refractivity contribution in [1.82, 2.24) is 0 Å². The maximum atomic E-state index is 7.10. The summed E-state index contributed by atoms with van der Waals surface area (Å²) >= 11 is 0. The van der Waals surface area contributed by atoms with E-state index in [2.05, 4.69) is 11.5 Å². The van der Waals surface area contributed by atoms with Crippen molar-refractivity contribution in [3.8, 4) is 12.4 Å². The molecule has 0 bridgehead atoms. The molecular weight excluding hydrogens is 140 g/mol. The maximum Gasteiger partial charge on any atom is 0.173 e. The van der Waals surface area contributed by atoms with Crippen LogP contribution in [-0.2, 0) is 0 Å². The number of rotatable bonds is 0. The van der Waals surface area contributed by atoms with Gasteiger partial charge in [0.05, 0.1) is 0 Å². The van der Waals surface area contributed by atoms with Crippen LogP contribution >= 0.6 is 0 Å². The molecule has 0 amide bonds. The first-order chi connectivity index (χ1) is 5.33. The Labute approximate surface area is 67.4 Å². The summed E-state index contributed by atoms with van der Waals surface area (Å²) in [7, 11) is 0. The summed E-state index contributed by atoms with van der Waals surface area (Å²) in [5.74, 6) is 0. The van der Waals surface area contributed by atoms with E-state index in [-0.39, 0.29) is 0 Å². The highest BCUT2D eigenvalue weighted by atomic mass is 14.5. The summed E-state index contributed by atoms with van der Waals surface area (Å²) in [5, 5.41) is 14.2. The molecule has 1 rings (SSSR count). The van der Waals surface area contributed by atoms with Gasteiger partial charge in [-0.1, -0.05) is 32.1 Å². The van der Waals surface area contributed by atoms with Crippen LogP contribution in [0.25, 0.3) is 0 Å². The van der Waals surface area contributed by atoms with Gasteiger partial charge >= 0.3 is 0 Å². The molecule has 0 saturated heterocycles. The van der Waals surface area contributed by atoms with Gasteiger partial charge in [0, 0.05) is 0 Å². The molecular formula is C7H14N4. The fourth-order valence-corrected chi connectivity index (χ4v) is 0.884. The van der Waals surface area contributed by atoms with Crippen molar-refractivity contribution in [2.75, 3.05) is 0 Å². The summed E-state index contributed by atoms with van der Waals surface area (Å²) < 4.78 is 0. The van der Waals surface area contributed by atoms with E-state index in [4.69, 9.17) is 10.5 Å². The monoisotopic (exact) mass is 154 g/mol. The molecule has 11 heavy (non-hydrogen) atoms. The Balaban J connectivity index is 0. The van der Waals surface area contributed by atoms with Gasteiger partial charge in [-0.15, -0.1) is 0 Å². The number of nitrogens with two attached hydrogens (primary N) is 2. The van der Waals surface area contributed by atoms with E-state index >= 15 is 0 Å². The molecule has 0 aliphatic heterocycles. The molecule has 1 fully saturated rings. The highest BCUT2D eigenvalue weighted by molar-refractivity contribution is 4.51. The smallest absolute Gasteiger partial charge is 0.173 e. The largest absolute Gasteiger partial charge is 0.337 e. The molecule has 4 nitrogen and oxygen atoms in total. The highest BCUT2D eigenvalue weighted by Crippen LogP contribution is 2.15. The van der Waals surface area contributed by atoms with E-state index in [0.717, 1.165) is 0 Å². The van der Waals surface area contributed by atoms with E-state index in [1.807, 2.05) is 0 Å². The van der Waals surface area contributed by atoms with E-state index in [9.17, 15) is 0 Å². The number of hydrogen-bond acceptors (Lipinski definition) is 4. The standard InChI is InChI=1S/C5H10.2CH2N2/c1-2-4-5-3-1;2*2-1-3/h1-5H2;2*2H2. The lowest BCUT2D eigenvalue weighted by Gasteiger charge is -1.67. The first-order valence-electron chi connectivity index (χ1n) is 3.52. The maximum absolute atomic E-state index is 7.10. The minimum atomic E-state index is 1.25. The van der Waals surface area contributed by atoms with Crippen LogP contribution in [0, 0.1) is 22.9 Å². The Bertz CT molecular complexity index is 107. The third-order valence-corrected chi connectivity index (χ3v) is 1.25. The van der Waals surface area contributed by atoms with Gasteiger partial charge in [-0.05, 0) is 0 Å². The predicted molar refractivity (Wildman–Crippen MR) is 42.7 cm³/mol. The van der Waals surface area contributed by atoms with Gasteiger partial charge in [-0.2, -0.15) is 10.5 Å². The Morgan fingerprint density at radius 2 is 0.818 bits per heavy atom. The molecule has 1 aliphatic rings. The first kappa shape index (κ1) is 12.3. The van der Waals surface area contributed by atoms with Gasteiger partial charge in [0.1, 0.15) is 0 Å². The summed E-state index contributed by atoms with van der Waals surface area (Å²) in [5.41, 5.74) is 8.31. The summed E-state index contributed by atoms with van der Waals surface area (Å²) in [6.45, 7) is 0. The van der Waals surface area contributed by atoms with Crippen LogP contribution < -0.4 is 11.5 Å². The molecule has 0 aromatic carbocycles. The Hall–Kier alpha value is -1.42. The second-order valence-corrected chi connectivity index (χ2v) is 2.03. The fraction of sp³-hybridized carbons (Fsp3) is 0.714. The molecule has 0 radical (unpaired) electrons. The summed E-state index contributed by atoms with van der Waals surface area (Å²) in [4.78, 5) is 0. The van der Waals surface area contributed by atoms with Crippen LogP contribution in [0.2, 0.25) is 0 Å². The normalized spacial score (nSPS) is 12.2. The van der Waals surface area contributed by atoms with Gasteiger partial charge in [-0.3, -0.25) is 0 Å². The minimum Gasteiger partial charge on any atom is -0.337 e. The first-order valence-corrected chi connectivity index (χ1v) is 3.52. The zero-order valence-electron chi connectivity index (χ0n) is 6.58. The lowest BCUT2D eigenvalue weighted by Crippen LogP contribution is -1.69. The molecule has 0 heterocycles. The molecule has 4 heteroatoms. The SMILES string of the molecule is C1CCCC1.N#CN.N#CN. The van der Waals surface area contributed by atoms with E-state index in [1.165, 1.54) is 44.5 Å². The van der Waals surface area contributed by atoms with Gasteiger partial charge in [0.2, 0.25) is 0 Å². The average molecular weight is 154 g/mol. The lowest BCUT2D eigenvalue weighted by atomic mass is 10.4. The summed E-state index contributed by atoms with van der Waals surface area (Å²) in [6, 6.07) is 0. The van der Waals surface area contributed by atoms with Gasteiger partial charge in [-0.25, -0.2) is 0 Å². The lowest BCUT2D eigenvalue weighted by molar-refractivity contribution is 0.886. The van der Waals surface area contributed by atoms with Crippen molar-refractivity contribution in [2.24, 2.45) is 11.5 Å². The third-order valence-electron chi connectivity index (χ3n) is 1.25. The Kier molecular flexibility index (Phi) is 17.7. The fourth-order valence-electron chi connectivity index (χ4n) is 0.884. The average Bonchev–Trinajstić information content (AvgIpc) is 2.44. The van der Waals surface area contributed by atoms with Crippen molar-refractivity contribution in [3.05, 3.63) is 0 Å². The molecule has 0 atom stereocenters. The van der Waals surface area contributed by atoms with Gasteiger partial charge < -0.3 is 11.5 Å². The zero-order valence-corrected chi connectivity index (χ0v) is 6.58. The van der Waals surface area contributed by atoms with Crippen LogP contribution in [0.1, 0.15) is 32.1 Å². The van der Waals surface area contributed by atoms with Crippen molar-refractivity contribution >= 4 is 0 Å². The molecule has 1 aliphatic carbocycles. The van der Waals surface area contributed by atoms with Crippen LogP contribution in [0.3, 0.4) is 0 Å². The topological polar surface area (TPSA) is 99.6 Å². The van der Waals surface area contributed by atoms with Crippen LogP contribution in [-0.4, -0.2) is 0 Å². The Morgan fingerprint density at radius 1 is 0.727 bits per heavy atom. The highest BCUT2D eigenvalue weighted by Gasteiger charge is 1.95. The molecule has 4 N–H and O–H groups in total. The van der Waals surface area contributed by atoms with Crippen molar-refractivity contribution in [1.29, 1.82) is 10.5 Å². The van der Waals surface area contributed by atoms with E-state index < -0.39 is 0 Å². The third kappa shape index (κ3) is 29.0. The van der Waals surface area contributed by atoms with Gasteiger partial charge in [0.15, 0.2) is 12.4 Å². The second kappa shape index (κ2) is 15.8. The molecule has 0 aromatic heterocycles. The zero-order chi connectivity index (χ0) is 8.95. The Morgan fingerprint density at radius 3 is 0.909 bits per heavy atom. The number of nitrogens with zero attached hydrogens (tertiary/aromatic N) is 2. The molecule has 0 aromatic rings. The minimum absolute atomic E-state index is 1.25. The van der Waals surface area contributed by atoms with E-state index in [0.29, 0.717) is 0 Å².